The van der Waals surface area contributed by atoms with Crippen molar-refractivity contribution in [3.63, 3.8) is 0 Å². The normalized spacial score (nSPS) is 23.1. The summed E-state index contributed by atoms with van der Waals surface area (Å²) in [6, 6.07) is 28.7. The van der Waals surface area contributed by atoms with Crippen LogP contribution < -0.4 is 0 Å². The minimum atomic E-state index is -4.38. The van der Waals surface area contributed by atoms with Gasteiger partial charge in [-0.05, 0) is 66.4 Å². The van der Waals surface area contributed by atoms with Crippen LogP contribution >= 0.6 is 23.2 Å². The monoisotopic (exact) mass is 649 g/mol. The van der Waals surface area contributed by atoms with Gasteiger partial charge in [-0.15, -0.1) is 6.58 Å². The maximum Gasteiger partial charge on any atom is 0.343 e. The lowest BCUT2D eigenvalue weighted by atomic mass is 9.69. The number of ether oxygens (including phenoxy) is 1. The molecule has 0 aromatic heterocycles. The Balaban J connectivity index is 0.000000229. The lowest BCUT2D eigenvalue weighted by Crippen LogP contribution is -2.46. The largest absolute Gasteiger partial charge is 0.744 e. The summed E-state index contributed by atoms with van der Waals surface area (Å²) >= 11 is 12.7. The van der Waals surface area contributed by atoms with Crippen LogP contribution in [0.2, 0.25) is 10.0 Å². The van der Waals surface area contributed by atoms with E-state index in [1.54, 1.807) is 36.4 Å². The molecule has 44 heavy (non-hydrogen) atoms. The zero-order valence-electron chi connectivity index (χ0n) is 25.1. The highest BCUT2D eigenvalue weighted by Gasteiger charge is 2.57. The van der Waals surface area contributed by atoms with E-state index in [0.717, 1.165) is 40.8 Å². The first-order chi connectivity index (χ1) is 20.9. The van der Waals surface area contributed by atoms with Crippen molar-refractivity contribution >= 4 is 50.0 Å². The van der Waals surface area contributed by atoms with Crippen molar-refractivity contribution in [3.05, 3.63) is 125 Å². The van der Waals surface area contributed by atoms with Gasteiger partial charge in [0.1, 0.15) is 10.1 Å². The second-order valence-electron chi connectivity index (χ2n) is 12.2. The van der Waals surface area contributed by atoms with Gasteiger partial charge in [-0.1, -0.05) is 104 Å². The second kappa shape index (κ2) is 13.1. The van der Waals surface area contributed by atoms with E-state index in [1.165, 1.54) is 17.2 Å². The molecule has 0 saturated heterocycles. The Hall–Kier alpha value is -3.16. The predicted octanol–water partition coefficient (Wildman–Crippen LogP) is 9.01. The standard InChI is InChI=1S/C26H30Cl2NO.C10H8O3S/c1-5-13-26(4)15-22(19-7-6-8-21(28)14-19)24(18-9-11-20(27)12-10-18)29-23(17(2)3)16-30-25(26)29;11-14(12,13)10-7-3-5-8-4-1-2-6-9(8)10/h5-12,14,17,22-24H,1,13,15-16H2,2-4H3;1-7H,(H,11,12,13)/q+1;/p-1/t22-,23-,24?,26+;/m1./s1. The molecule has 4 aromatic rings. The molecule has 8 heteroatoms. The van der Waals surface area contributed by atoms with Gasteiger partial charge in [-0.25, -0.2) is 8.42 Å². The van der Waals surface area contributed by atoms with Crippen LogP contribution in [0.15, 0.2) is 109 Å². The molecule has 0 aliphatic carbocycles. The molecular formula is C36H37Cl2NO4S. The van der Waals surface area contributed by atoms with Gasteiger partial charge < -0.3 is 9.29 Å². The minimum Gasteiger partial charge on any atom is -0.744 e. The molecule has 2 aliphatic rings. The molecule has 0 spiro atoms. The number of fused-ring (bicyclic) bond motifs is 1. The summed E-state index contributed by atoms with van der Waals surface area (Å²) < 4.78 is 41.7. The SMILES string of the molecule is C=CC[C@@]1(C)C[C@H](c2cccc(Cl)c2)C(c2ccc(Cl)cc2)[N+]2=C1OC[C@@H]2C(C)C.O=S(=O)([O-])c1cccc2ccccc12. The summed E-state index contributed by atoms with van der Waals surface area (Å²) in [4.78, 5) is -0.157. The number of allylic oxidation sites excluding steroid dienone is 1. The molecule has 2 heterocycles. The molecule has 4 aromatic carbocycles. The summed E-state index contributed by atoms with van der Waals surface area (Å²) in [5.74, 6) is 1.87. The fraction of sp³-hybridized carbons (Fsp3) is 0.306. The van der Waals surface area contributed by atoms with E-state index in [-0.39, 0.29) is 22.3 Å². The molecular weight excluding hydrogens is 613 g/mol. The van der Waals surface area contributed by atoms with Gasteiger partial charge in [0.25, 0.3) is 0 Å². The summed E-state index contributed by atoms with van der Waals surface area (Å²) in [6.07, 6.45) is 3.88. The number of hydrogen-bond donors (Lipinski definition) is 0. The molecule has 5 nitrogen and oxygen atoms in total. The van der Waals surface area contributed by atoms with Crippen LogP contribution in [-0.2, 0) is 14.9 Å². The first-order valence-corrected chi connectivity index (χ1v) is 16.9. The van der Waals surface area contributed by atoms with E-state index in [9.17, 15) is 13.0 Å². The van der Waals surface area contributed by atoms with Gasteiger partial charge >= 0.3 is 5.90 Å². The maximum absolute atomic E-state index is 10.9. The maximum atomic E-state index is 10.9. The fourth-order valence-corrected chi connectivity index (χ4v) is 7.70. The summed E-state index contributed by atoms with van der Waals surface area (Å²) in [7, 11) is -4.38. The average Bonchev–Trinajstić information content (AvgIpc) is 3.44. The highest BCUT2D eigenvalue weighted by Crippen LogP contribution is 2.51. The molecule has 0 saturated carbocycles. The Morgan fingerprint density at radius 1 is 0.977 bits per heavy atom. The van der Waals surface area contributed by atoms with Crippen molar-refractivity contribution in [1.29, 1.82) is 0 Å². The van der Waals surface area contributed by atoms with Crippen molar-refractivity contribution in [2.45, 2.75) is 56.5 Å². The van der Waals surface area contributed by atoms with Gasteiger partial charge in [0.2, 0.25) is 0 Å². The third-order valence-corrected chi connectivity index (χ3v) is 10.1. The van der Waals surface area contributed by atoms with Crippen molar-refractivity contribution in [2.75, 3.05) is 6.61 Å². The molecule has 0 bridgehead atoms. The van der Waals surface area contributed by atoms with Crippen molar-refractivity contribution in [3.8, 4) is 0 Å². The van der Waals surface area contributed by atoms with E-state index in [0.29, 0.717) is 17.3 Å². The lowest BCUT2D eigenvalue weighted by molar-refractivity contribution is -0.616. The molecule has 0 radical (unpaired) electrons. The fourth-order valence-electron chi connectivity index (χ4n) is 6.67. The third kappa shape index (κ3) is 6.59. The zero-order chi connectivity index (χ0) is 31.6. The highest BCUT2D eigenvalue weighted by atomic mass is 35.5. The van der Waals surface area contributed by atoms with Crippen LogP contribution in [0.1, 0.15) is 56.7 Å². The Morgan fingerprint density at radius 3 is 2.32 bits per heavy atom. The van der Waals surface area contributed by atoms with E-state index >= 15 is 0 Å². The molecule has 0 amide bonds. The molecule has 1 unspecified atom stereocenters. The van der Waals surface area contributed by atoms with E-state index in [1.807, 2.05) is 24.3 Å². The lowest BCUT2D eigenvalue weighted by Gasteiger charge is -2.39. The second-order valence-corrected chi connectivity index (χ2v) is 14.4. The number of rotatable bonds is 6. The Labute approximate surface area is 270 Å². The van der Waals surface area contributed by atoms with Crippen LogP contribution in [0.25, 0.3) is 10.8 Å². The van der Waals surface area contributed by atoms with Gasteiger partial charge in [-0.3, -0.25) is 0 Å². The van der Waals surface area contributed by atoms with Crippen LogP contribution in [0.3, 0.4) is 0 Å². The minimum absolute atomic E-state index is 0.0959. The van der Waals surface area contributed by atoms with Gasteiger partial charge in [-0.2, -0.15) is 4.58 Å². The van der Waals surface area contributed by atoms with Crippen LogP contribution in [-0.4, -0.2) is 36.1 Å². The first kappa shape index (κ1) is 32.2. The zero-order valence-corrected chi connectivity index (χ0v) is 27.4. The molecule has 0 fully saturated rings. The number of halogens is 2. The summed E-state index contributed by atoms with van der Waals surface area (Å²) in [5.41, 5.74) is 2.44. The molecule has 2 aliphatic heterocycles. The molecule has 6 rings (SSSR count). The third-order valence-electron chi connectivity index (χ3n) is 8.72. The topological polar surface area (TPSA) is 69.4 Å². The predicted molar refractivity (Wildman–Crippen MR) is 178 cm³/mol. The Kier molecular flexibility index (Phi) is 9.57. The Morgan fingerprint density at radius 2 is 1.66 bits per heavy atom. The first-order valence-electron chi connectivity index (χ1n) is 14.8. The van der Waals surface area contributed by atoms with Crippen molar-refractivity contribution < 1.29 is 22.3 Å². The number of nitrogens with zero attached hydrogens (tertiary/aromatic N) is 1. The smallest absolute Gasteiger partial charge is 0.343 e. The Bertz CT molecular complexity index is 1800. The highest BCUT2D eigenvalue weighted by molar-refractivity contribution is 7.86. The quantitative estimate of drug-likeness (QED) is 0.119. The number of hydrogen-bond acceptors (Lipinski definition) is 4. The van der Waals surface area contributed by atoms with Crippen LogP contribution in [0.5, 0.6) is 0 Å². The van der Waals surface area contributed by atoms with E-state index < -0.39 is 10.1 Å². The van der Waals surface area contributed by atoms with Gasteiger partial charge in [0.15, 0.2) is 18.7 Å². The molecule has 4 atom stereocenters. The van der Waals surface area contributed by atoms with Crippen LogP contribution in [0, 0.1) is 11.3 Å². The van der Waals surface area contributed by atoms with Gasteiger partial charge in [0, 0.05) is 21.5 Å². The van der Waals surface area contributed by atoms with E-state index in [4.69, 9.17) is 27.9 Å². The average molecular weight is 651 g/mol. The molecule has 230 valence electrons. The van der Waals surface area contributed by atoms with Crippen LogP contribution in [0.4, 0.5) is 0 Å². The van der Waals surface area contributed by atoms with Crippen molar-refractivity contribution in [2.24, 2.45) is 11.3 Å². The van der Waals surface area contributed by atoms with Crippen molar-refractivity contribution in [1.82, 2.24) is 0 Å². The number of benzene rings is 4. The molecule has 0 N–H and O–H groups in total. The summed E-state index contributed by atoms with van der Waals surface area (Å²) in [5, 5.41) is 2.77. The van der Waals surface area contributed by atoms with E-state index in [2.05, 4.69) is 62.3 Å². The van der Waals surface area contributed by atoms with Gasteiger partial charge in [0.05, 0.1) is 16.2 Å². The summed E-state index contributed by atoms with van der Waals surface area (Å²) in [6.45, 7) is 11.6.